The molecule has 82 valence electrons. The minimum Gasteiger partial charge on any atom is -0.454 e. The third-order valence-electron chi connectivity index (χ3n) is 1.80. The maximum Gasteiger partial charge on any atom is 0.146 e. The number of hydrogen-bond donors (Lipinski definition) is 0. The second-order valence-corrected chi connectivity index (χ2v) is 4.34. The fourth-order valence-electron chi connectivity index (χ4n) is 1.13. The van der Waals surface area contributed by atoms with Crippen LogP contribution in [0, 0.1) is 5.82 Å². The van der Waals surface area contributed by atoms with Gasteiger partial charge in [-0.15, -0.1) is 0 Å². The van der Waals surface area contributed by atoms with Crippen LogP contribution in [0.1, 0.15) is 0 Å². The second kappa shape index (κ2) is 4.80. The Morgan fingerprint density at radius 2 is 2.06 bits per heavy atom. The standard InChI is InChI=1S/C11H6BrClFNO/c12-7-3-9(6-15-5-7)16-11-2-1-8(14)4-10(11)13/h1-6H. The lowest BCUT2D eigenvalue weighted by molar-refractivity contribution is 0.478. The third-order valence-corrected chi connectivity index (χ3v) is 2.53. The van der Waals surface area contributed by atoms with Crippen molar-refractivity contribution in [3.63, 3.8) is 0 Å². The van der Waals surface area contributed by atoms with E-state index >= 15 is 0 Å². The molecule has 0 bridgehead atoms. The average molecular weight is 303 g/mol. The quantitative estimate of drug-likeness (QED) is 0.819. The van der Waals surface area contributed by atoms with Gasteiger partial charge < -0.3 is 4.74 Å². The van der Waals surface area contributed by atoms with Crippen molar-refractivity contribution in [3.05, 3.63) is 52.0 Å². The summed E-state index contributed by atoms with van der Waals surface area (Å²) in [5.41, 5.74) is 0. The van der Waals surface area contributed by atoms with Gasteiger partial charge in [-0.1, -0.05) is 11.6 Å². The fraction of sp³-hybridized carbons (Fsp3) is 0. The molecular formula is C11H6BrClFNO. The lowest BCUT2D eigenvalue weighted by atomic mass is 10.3. The Morgan fingerprint density at radius 3 is 2.75 bits per heavy atom. The molecule has 1 aromatic heterocycles. The minimum absolute atomic E-state index is 0.222. The monoisotopic (exact) mass is 301 g/mol. The van der Waals surface area contributed by atoms with Crippen LogP contribution in [0.25, 0.3) is 0 Å². The van der Waals surface area contributed by atoms with Crippen molar-refractivity contribution >= 4 is 27.5 Å². The normalized spacial score (nSPS) is 10.2. The molecule has 0 unspecified atom stereocenters. The molecule has 0 radical (unpaired) electrons. The molecule has 0 saturated heterocycles. The van der Waals surface area contributed by atoms with E-state index < -0.39 is 5.82 Å². The number of pyridine rings is 1. The summed E-state index contributed by atoms with van der Waals surface area (Å²) in [6.45, 7) is 0. The molecule has 0 fully saturated rings. The molecule has 2 rings (SSSR count). The smallest absolute Gasteiger partial charge is 0.146 e. The van der Waals surface area contributed by atoms with Crippen LogP contribution in [0.4, 0.5) is 4.39 Å². The Hall–Kier alpha value is -1.13. The lowest BCUT2D eigenvalue weighted by Gasteiger charge is -2.07. The number of ether oxygens (including phenoxy) is 1. The summed E-state index contributed by atoms with van der Waals surface area (Å²) >= 11 is 9.09. The summed E-state index contributed by atoms with van der Waals surface area (Å²) in [6.07, 6.45) is 3.18. The van der Waals surface area contributed by atoms with Gasteiger partial charge in [0, 0.05) is 10.7 Å². The van der Waals surface area contributed by atoms with Crippen LogP contribution in [0.3, 0.4) is 0 Å². The first kappa shape index (κ1) is 11.4. The van der Waals surface area contributed by atoms with Crippen molar-refractivity contribution in [1.82, 2.24) is 4.98 Å². The van der Waals surface area contributed by atoms with Crippen molar-refractivity contribution in [3.8, 4) is 11.5 Å². The molecule has 2 aromatic rings. The summed E-state index contributed by atoms with van der Waals surface area (Å²) in [5, 5.41) is 0.222. The molecule has 0 aliphatic carbocycles. The average Bonchev–Trinajstić information content (AvgIpc) is 2.22. The predicted octanol–water partition coefficient (Wildman–Crippen LogP) is 4.43. The van der Waals surface area contributed by atoms with E-state index in [2.05, 4.69) is 20.9 Å². The number of halogens is 3. The first-order valence-corrected chi connectivity index (χ1v) is 5.56. The molecule has 0 aliphatic heterocycles. The number of aromatic nitrogens is 1. The van der Waals surface area contributed by atoms with Crippen LogP contribution in [-0.2, 0) is 0 Å². The molecule has 0 saturated carbocycles. The molecule has 16 heavy (non-hydrogen) atoms. The molecular weight excluding hydrogens is 296 g/mol. The van der Waals surface area contributed by atoms with Gasteiger partial charge in [-0.2, -0.15) is 0 Å². The third kappa shape index (κ3) is 2.71. The molecule has 0 atom stereocenters. The topological polar surface area (TPSA) is 22.1 Å². The molecule has 5 heteroatoms. The van der Waals surface area contributed by atoms with E-state index in [-0.39, 0.29) is 5.02 Å². The Labute approximate surface area is 105 Å². The highest BCUT2D eigenvalue weighted by molar-refractivity contribution is 9.10. The van der Waals surface area contributed by atoms with Crippen LogP contribution < -0.4 is 4.74 Å². The van der Waals surface area contributed by atoms with Gasteiger partial charge in [0.25, 0.3) is 0 Å². The van der Waals surface area contributed by atoms with Crippen molar-refractivity contribution < 1.29 is 9.13 Å². The van der Waals surface area contributed by atoms with Gasteiger partial charge in [0.1, 0.15) is 17.3 Å². The molecule has 0 amide bonds. The van der Waals surface area contributed by atoms with Crippen molar-refractivity contribution in [1.29, 1.82) is 0 Å². The zero-order valence-corrected chi connectivity index (χ0v) is 10.3. The molecule has 1 aromatic carbocycles. The molecule has 0 spiro atoms. The molecule has 2 nitrogen and oxygen atoms in total. The summed E-state index contributed by atoms with van der Waals surface area (Å²) in [7, 11) is 0. The van der Waals surface area contributed by atoms with Crippen LogP contribution in [0.5, 0.6) is 11.5 Å². The summed E-state index contributed by atoms with van der Waals surface area (Å²) < 4.78 is 19.0. The van der Waals surface area contributed by atoms with Gasteiger partial charge in [-0.05, 0) is 40.2 Å². The summed E-state index contributed by atoms with van der Waals surface area (Å²) in [5.74, 6) is 0.524. The first-order chi connectivity index (χ1) is 7.65. The number of rotatable bonds is 2. The zero-order valence-electron chi connectivity index (χ0n) is 7.95. The molecule has 0 aliphatic rings. The SMILES string of the molecule is Fc1ccc(Oc2cncc(Br)c2)c(Cl)c1. The largest absolute Gasteiger partial charge is 0.454 e. The zero-order chi connectivity index (χ0) is 11.5. The van der Waals surface area contributed by atoms with Crippen molar-refractivity contribution in [2.75, 3.05) is 0 Å². The van der Waals surface area contributed by atoms with E-state index in [4.69, 9.17) is 16.3 Å². The van der Waals surface area contributed by atoms with E-state index in [0.29, 0.717) is 11.5 Å². The van der Waals surface area contributed by atoms with Crippen molar-refractivity contribution in [2.45, 2.75) is 0 Å². The van der Waals surface area contributed by atoms with E-state index in [0.717, 1.165) is 4.47 Å². The summed E-state index contributed by atoms with van der Waals surface area (Å²) in [4.78, 5) is 3.94. The highest BCUT2D eigenvalue weighted by atomic mass is 79.9. The Morgan fingerprint density at radius 1 is 1.25 bits per heavy atom. The maximum atomic E-state index is 12.8. The van der Waals surface area contributed by atoms with Gasteiger partial charge in [0.05, 0.1) is 11.2 Å². The highest BCUT2D eigenvalue weighted by Crippen LogP contribution is 2.30. The second-order valence-electron chi connectivity index (χ2n) is 3.02. The van der Waals surface area contributed by atoms with E-state index in [9.17, 15) is 4.39 Å². The summed E-state index contributed by atoms with van der Waals surface area (Å²) in [6, 6.07) is 5.69. The maximum absolute atomic E-state index is 12.8. The first-order valence-electron chi connectivity index (χ1n) is 4.38. The van der Waals surface area contributed by atoms with Gasteiger partial charge >= 0.3 is 0 Å². The predicted molar refractivity (Wildman–Crippen MR) is 63.4 cm³/mol. The van der Waals surface area contributed by atoms with E-state index in [1.54, 1.807) is 18.5 Å². The molecule has 0 N–H and O–H groups in total. The van der Waals surface area contributed by atoms with Crippen molar-refractivity contribution in [2.24, 2.45) is 0 Å². The van der Waals surface area contributed by atoms with E-state index in [1.165, 1.54) is 18.2 Å². The Kier molecular flexibility index (Phi) is 3.41. The lowest BCUT2D eigenvalue weighted by Crippen LogP contribution is -1.87. The highest BCUT2D eigenvalue weighted by Gasteiger charge is 2.04. The van der Waals surface area contributed by atoms with Gasteiger partial charge in [-0.3, -0.25) is 4.98 Å². The minimum atomic E-state index is -0.398. The Balaban J connectivity index is 2.27. The van der Waals surface area contributed by atoms with Crippen LogP contribution in [0.15, 0.2) is 41.1 Å². The fourth-order valence-corrected chi connectivity index (χ4v) is 1.68. The van der Waals surface area contributed by atoms with Gasteiger partial charge in [-0.25, -0.2) is 4.39 Å². The van der Waals surface area contributed by atoms with Crippen LogP contribution in [-0.4, -0.2) is 4.98 Å². The number of benzene rings is 1. The molecule has 1 heterocycles. The number of hydrogen-bond acceptors (Lipinski definition) is 2. The van der Waals surface area contributed by atoms with Crippen LogP contribution in [0.2, 0.25) is 5.02 Å². The van der Waals surface area contributed by atoms with Gasteiger partial charge in [0.2, 0.25) is 0 Å². The Bertz CT molecular complexity index is 521. The van der Waals surface area contributed by atoms with E-state index in [1.807, 2.05) is 0 Å². The number of nitrogens with zero attached hydrogens (tertiary/aromatic N) is 1. The van der Waals surface area contributed by atoms with Gasteiger partial charge in [0.15, 0.2) is 0 Å². The van der Waals surface area contributed by atoms with Crippen LogP contribution >= 0.6 is 27.5 Å².